The smallest absolute Gasteiger partial charge is 0.336 e. The minimum Gasteiger partial charge on any atom is -0.478 e. The van der Waals surface area contributed by atoms with E-state index in [2.05, 4.69) is 27.7 Å². The fraction of sp³-hybridized carbons (Fsp3) is 0.286. The normalized spacial score (nSPS) is 12.9. The molecule has 2 N–H and O–H groups in total. The van der Waals surface area contributed by atoms with Crippen molar-refractivity contribution >= 4 is 11.9 Å². The third-order valence-corrected chi connectivity index (χ3v) is 6.43. The summed E-state index contributed by atoms with van der Waals surface area (Å²) in [5.74, 6) is -1.39. The summed E-state index contributed by atoms with van der Waals surface area (Å²) in [5.41, 5.74) is 4.77. The highest BCUT2D eigenvalue weighted by Crippen LogP contribution is 2.39. The molecule has 0 fully saturated rings. The summed E-state index contributed by atoms with van der Waals surface area (Å²) in [4.78, 5) is 24.2. The van der Waals surface area contributed by atoms with E-state index >= 15 is 0 Å². The van der Waals surface area contributed by atoms with Gasteiger partial charge in [-0.25, -0.2) is 9.59 Å². The van der Waals surface area contributed by atoms with Gasteiger partial charge < -0.3 is 10.2 Å². The van der Waals surface area contributed by atoms with E-state index in [9.17, 15) is 19.8 Å². The zero-order valence-electron chi connectivity index (χ0n) is 19.1. The first-order chi connectivity index (χ1) is 15.3. The van der Waals surface area contributed by atoms with Crippen molar-refractivity contribution in [3.05, 3.63) is 82.9 Å². The molecule has 0 saturated carbocycles. The van der Waals surface area contributed by atoms with Crippen LogP contribution in [0.3, 0.4) is 0 Å². The van der Waals surface area contributed by atoms with E-state index in [0.717, 1.165) is 12.8 Å². The molecule has 0 aliphatic carbocycles. The summed E-state index contributed by atoms with van der Waals surface area (Å²) >= 11 is 0. The zero-order chi connectivity index (χ0) is 23.4. The lowest BCUT2D eigenvalue weighted by Gasteiger charge is -2.18. The molecule has 0 saturated heterocycles. The van der Waals surface area contributed by atoms with Gasteiger partial charge in [-0.15, -0.1) is 0 Å². The lowest BCUT2D eigenvalue weighted by Crippen LogP contribution is -2.07. The van der Waals surface area contributed by atoms with Gasteiger partial charge >= 0.3 is 11.9 Å². The number of aromatic carboxylic acids is 2. The van der Waals surface area contributed by atoms with Gasteiger partial charge in [-0.1, -0.05) is 76.2 Å². The molecule has 0 spiro atoms. The number of carboxylic acid groups (broad SMARTS) is 2. The first kappa shape index (κ1) is 23.3. The van der Waals surface area contributed by atoms with Crippen LogP contribution < -0.4 is 0 Å². The molecule has 0 radical (unpaired) electrons. The molecule has 3 rings (SSSR count). The van der Waals surface area contributed by atoms with Crippen molar-refractivity contribution < 1.29 is 19.8 Å². The Morgan fingerprint density at radius 3 is 1.19 bits per heavy atom. The van der Waals surface area contributed by atoms with Crippen LogP contribution in [0, 0.1) is 0 Å². The summed E-state index contributed by atoms with van der Waals surface area (Å²) in [6, 6.07) is 18.4. The second-order valence-electron chi connectivity index (χ2n) is 8.38. The van der Waals surface area contributed by atoms with Crippen molar-refractivity contribution in [1.29, 1.82) is 0 Å². The molecule has 0 amide bonds. The third-order valence-electron chi connectivity index (χ3n) is 6.43. The van der Waals surface area contributed by atoms with Gasteiger partial charge in [0.15, 0.2) is 0 Å². The number of hydrogen-bond donors (Lipinski definition) is 2. The van der Waals surface area contributed by atoms with Crippen LogP contribution in [-0.2, 0) is 0 Å². The minimum atomic E-state index is -1.08. The molecular formula is C28H30O4. The first-order valence-electron chi connectivity index (χ1n) is 11.1. The average molecular weight is 431 g/mol. The quantitative estimate of drug-likeness (QED) is 0.389. The van der Waals surface area contributed by atoms with E-state index in [1.807, 2.05) is 48.5 Å². The molecule has 3 aromatic rings. The van der Waals surface area contributed by atoms with E-state index in [0.29, 0.717) is 34.1 Å². The predicted octanol–water partition coefficient (Wildman–Crippen LogP) is 7.44. The summed E-state index contributed by atoms with van der Waals surface area (Å²) in [5, 5.41) is 19.8. The van der Waals surface area contributed by atoms with Crippen molar-refractivity contribution in [2.45, 2.75) is 52.4 Å². The van der Waals surface area contributed by atoms with Crippen LogP contribution >= 0.6 is 0 Å². The second-order valence-corrected chi connectivity index (χ2v) is 8.38. The highest BCUT2D eigenvalue weighted by Gasteiger charge is 2.23. The van der Waals surface area contributed by atoms with Gasteiger partial charge in [0, 0.05) is 11.1 Å². The molecule has 0 aromatic heterocycles. The van der Waals surface area contributed by atoms with Crippen LogP contribution in [0.1, 0.15) is 84.2 Å². The molecule has 32 heavy (non-hydrogen) atoms. The van der Waals surface area contributed by atoms with Gasteiger partial charge in [-0.2, -0.15) is 0 Å². The van der Waals surface area contributed by atoms with Crippen LogP contribution in [0.25, 0.3) is 22.3 Å². The van der Waals surface area contributed by atoms with E-state index in [-0.39, 0.29) is 11.1 Å². The lowest BCUT2D eigenvalue weighted by molar-refractivity contribution is 0.0682. The number of rotatable bonds is 8. The van der Waals surface area contributed by atoms with E-state index in [1.165, 1.54) is 23.3 Å². The molecule has 0 bridgehead atoms. The van der Waals surface area contributed by atoms with Crippen molar-refractivity contribution in [1.82, 2.24) is 0 Å². The van der Waals surface area contributed by atoms with Crippen LogP contribution in [0.2, 0.25) is 0 Å². The number of carbonyl (C=O) groups is 2. The maximum Gasteiger partial charge on any atom is 0.336 e. The average Bonchev–Trinajstić information content (AvgIpc) is 2.82. The van der Waals surface area contributed by atoms with Gasteiger partial charge in [0.1, 0.15) is 0 Å². The Balaban J connectivity index is 2.28. The van der Waals surface area contributed by atoms with E-state index in [4.69, 9.17) is 0 Å². The lowest BCUT2D eigenvalue weighted by atomic mass is 9.85. The SMILES string of the molecule is CCC(C)c1ccc(-c2c(C(=O)O)ccc(C(=O)O)c2-c2ccc(C(C)CC)cc2)cc1. The van der Waals surface area contributed by atoms with Gasteiger partial charge in [0.2, 0.25) is 0 Å². The fourth-order valence-electron chi connectivity index (χ4n) is 3.99. The minimum absolute atomic E-state index is 0.0901. The molecule has 2 unspecified atom stereocenters. The Kier molecular flexibility index (Phi) is 7.14. The highest BCUT2D eigenvalue weighted by atomic mass is 16.4. The maximum atomic E-state index is 12.1. The van der Waals surface area contributed by atoms with Gasteiger partial charge in [-0.3, -0.25) is 0 Å². The molecule has 0 aliphatic heterocycles. The van der Waals surface area contributed by atoms with Crippen LogP contribution in [0.5, 0.6) is 0 Å². The molecular weight excluding hydrogens is 400 g/mol. The number of hydrogen-bond acceptors (Lipinski definition) is 2. The topological polar surface area (TPSA) is 74.6 Å². The molecule has 0 aliphatic rings. The Morgan fingerprint density at radius 1 is 0.625 bits per heavy atom. The fourth-order valence-corrected chi connectivity index (χ4v) is 3.99. The van der Waals surface area contributed by atoms with Gasteiger partial charge in [0.25, 0.3) is 0 Å². The third kappa shape index (κ3) is 4.59. The summed E-state index contributed by atoms with van der Waals surface area (Å²) in [6.45, 7) is 8.54. The van der Waals surface area contributed by atoms with E-state index < -0.39 is 11.9 Å². The van der Waals surface area contributed by atoms with Crippen molar-refractivity contribution in [3.8, 4) is 22.3 Å². The monoisotopic (exact) mass is 430 g/mol. The molecule has 166 valence electrons. The molecule has 0 heterocycles. The number of carboxylic acids is 2. The standard InChI is InChI=1S/C28H30O4/c1-5-17(3)19-7-11-21(12-8-19)25-23(27(29)30)15-16-24(28(31)32)26(25)22-13-9-20(10-14-22)18(4)6-2/h7-18H,5-6H2,1-4H3,(H,29,30)(H,31,32). The largest absolute Gasteiger partial charge is 0.478 e. The van der Waals surface area contributed by atoms with Crippen LogP contribution in [-0.4, -0.2) is 22.2 Å². The Bertz CT molecular complexity index is 1020. The van der Waals surface area contributed by atoms with Crippen LogP contribution in [0.15, 0.2) is 60.7 Å². The van der Waals surface area contributed by atoms with Crippen molar-refractivity contribution in [2.75, 3.05) is 0 Å². The first-order valence-corrected chi connectivity index (χ1v) is 11.1. The van der Waals surface area contributed by atoms with E-state index in [1.54, 1.807) is 0 Å². The van der Waals surface area contributed by atoms with Crippen molar-refractivity contribution in [2.24, 2.45) is 0 Å². The van der Waals surface area contributed by atoms with Gasteiger partial charge in [-0.05, 0) is 59.1 Å². The molecule has 4 nitrogen and oxygen atoms in total. The second kappa shape index (κ2) is 9.82. The number of benzene rings is 3. The highest BCUT2D eigenvalue weighted by molar-refractivity contribution is 6.08. The predicted molar refractivity (Wildman–Crippen MR) is 129 cm³/mol. The molecule has 3 aromatic carbocycles. The Hall–Kier alpha value is -3.40. The van der Waals surface area contributed by atoms with Gasteiger partial charge in [0.05, 0.1) is 11.1 Å². The van der Waals surface area contributed by atoms with Crippen LogP contribution in [0.4, 0.5) is 0 Å². The summed E-state index contributed by atoms with van der Waals surface area (Å²) in [7, 11) is 0. The maximum absolute atomic E-state index is 12.1. The van der Waals surface area contributed by atoms with Crippen molar-refractivity contribution in [3.63, 3.8) is 0 Å². The summed E-state index contributed by atoms with van der Waals surface area (Å²) in [6.07, 6.45) is 2.00. The zero-order valence-corrected chi connectivity index (χ0v) is 19.1. The Morgan fingerprint density at radius 2 is 0.938 bits per heavy atom. The Labute approximate surface area is 189 Å². The summed E-state index contributed by atoms with van der Waals surface area (Å²) < 4.78 is 0. The molecule has 2 atom stereocenters. The molecule has 4 heteroatoms.